The third kappa shape index (κ3) is 7.12. The molecule has 11 heteroatoms. The van der Waals surface area contributed by atoms with Gasteiger partial charge in [0.2, 0.25) is 5.88 Å². The van der Waals surface area contributed by atoms with Gasteiger partial charge in [0.15, 0.2) is 6.61 Å². The molecule has 4 nitrogen and oxygen atoms in total. The van der Waals surface area contributed by atoms with Crippen LogP contribution in [0.3, 0.4) is 0 Å². The van der Waals surface area contributed by atoms with Gasteiger partial charge in [-0.1, -0.05) is 0 Å². The molecule has 1 aromatic carbocycles. The first-order valence-electron chi connectivity index (χ1n) is 7.75. The van der Waals surface area contributed by atoms with Crippen LogP contribution in [-0.4, -0.2) is 23.9 Å². The first-order valence-corrected chi connectivity index (χ1v) is 7.75. The number of rotatable bonds is 7. The highest BCUT2D eigenvalue weighted by molar-refractivity contribution is 5.58. The first kappa shape index (κ1) is 21.6. The average Bonchev–Trinajstić information content (AvgIpc) is 2.52. The zero-order chi connectivity index (χ0) is 21.2. The molecule has 1 heterocycles. The molecule has 154 valence electrons. The molecular formula is C17H15F7N2O2. The van der Waals surface area contributed by atoms with E-state index in [4.69, 9.17) is 4.74 Å². The molecule has 0 aliphatic rings. The van der Waals surface area contributed by atoms with Gasteiger partial charge in [-0.15, -0.1) is 13.2 Å². The highest BCUT2D eigenvalue weighted by Crippen LogP contribution is 2.32. The van der Waals surface area contributed by atoms with E-state index in [-0.39, 0.29) is 11.5 Å². The van der Waals surface area contributed by atoms with Gasteiger partial charge >= 0.3 is 6.36 Å². The van der Waals surface area contributed by atoms with E-state index in [0.717, 1.165) is 24.3 Å². The van der Waals surface area contributed by atoms with Crippen LogP contribution < -0.4 is 14.8 Å². The lowest BCUT2D eigenvalue weighted by Crippen LogP contribution is -2.21. The summed E-state index contributed by atoms with van der Waals surface area (Å²) < 4.78 is 98.2. The summed E-state index contributed by atoms with van der Waals surface area (Å²) in [5.74, 6) is -7.61. The van der Waals surface area contributed by atoms with Crippen LogP contribution in [0.4, 0.5) is 42.2 Å². The molecule has 0 radical (unpaired) electrons. The number of hydrogen-bond acceptors (Lipinski definition) is 4. The topological polar surface area (TPSA) is 43.4 Å². The molecular weight excluding hydrogens is 397 g/mol. The number of benzene rings is 1. The molecule has 2 rings (SSSR count). The van der Waals surface area contributed by atoms with Crippen molar-refractivity contribution in [1.29, 1.82) is 0 Å². The minimum atomic E-state index is -4.86. The van der Waals surface area contributed by atoms with Gasteiger partial charge in [0, 0.05) is 31.2 Å². The smallest absolute Gasteiger partial charge is 0.471 e. The summed E-state index contributed by atoms with van der Waals surface area (Å²) in [6, 6.07) is 6.20. The van der Waals surface area contributed by atoms with E-state index in [1.165, 1.54) is 12.1 Å². The lowest BCUT2D eigenvalue weighted by atomic mass is 10.1. The van der Waals surface area contributed by atoms with Gasteiger partial charge in [-0.2, -0.15) is 4.98 Å². The summed E-state index contributed by atoms with van der Waals surface area (Å²) in [4.78, 5) is 3.82. The van der Waals surface area contributed by atoms with E-state index in [0.29, 0.717) is 13.8 Å². The molecule has 0 saturated carbocycles. The number of nitrogens with zero attached hydrogens (tertiary/aromatic N) is 1. The molecule has 0 amide bonds. The molecule has 0 saturated heterocycles. The van der Waals surface area contributed by atoms with Crippen molar-refractivity contribution in [2.24, 2.45) is 0 Å². The van der Waals surface area contributed by atoms with Crippen molar-refractivity contribution in [1.82, 2.24) is 4.98 Å². The Hall–Kier alpha value is -2.72. The lowest BCUT2D eigenvalue weighted by molar-refractivity contribution is -0.274. The Balaban J connectivity index is 2.23. The summed E-state index contributed by atoms with van der Waals surface area (Å²) in [6.07, 6.45) is -4.86. The summed E-state index contributed by atoms with van der Waals surface area (Å²) >= 11 is 0. The van der Waals surface area contributed by atoms with Gasteiger partial charge < -0.3 is 14.8 Å². The van der Waals surface area contributed by atoms with E-state index in [2.05, 4.69) is 15.0 Å². The molecule has 2 aromatic rings. The van der Waals surface area contributed by atoms with Crippen LogP contribution in [0.1, 0.15) is 19.4 Å². The number of halogens is 7. The summed E-state index contributed by atoms with van der Waals surface area (Å²) in [5.41, 5.74) is -0.346. The van der Waals surface area contributed by atoms with Crippen molar-refractivity contribution in [3.05, 3.63) is 42.0 Å². The number of ether oxygens (including phenoxy) is 2. The van der Waals surface area contributed by atoms with Crippen LogP contribution in [0.15, 0.2) is 36.4 Å². The molecule has 0 bridgehead atoms. The fourth-order valence-electron chi connectivity index (χ4n) is 1.99. The second-order valence-electron chi connectivity index (χ2n) is 6.02. The molecule has 1 N–H and O–H groups in total. The molecule has 0 fully saturated rings. The summed E-state index contributed by atoms with van der Waals surface area (Å²) in [5, 5.41) is 2.60. The number of nitrogens with one attached hydrogen (secondary N) is 1. The van der Waals surface area contributed by atoms with Crippen molar-refractivity contribution < 1.29 is 40.2 Å². The third-order valence-electron chi connectivity index (χ3n) is 3.14. The standard InChI is InChI=1S/C17H15F7N2O2/c1-15(18,19)9-27-14-8-10(16(2,20)21)7-13(26-14)25-11-3-5-12(6-4-11)28-17(22,23)24/h3-8H,9H2,1-2H3,(H,25,26). The fraction of sp³-hybridized carbons (Fsp3) is 0.353. The Labute approximate surface area is 155 Å². The molecule has 28 heavy (non-hydrogen) atoms. The number of anilines is 2. The Morgan fingerprint density at radius 2 is 1.54 bits per heavy atom. The van der Waals surface area contributed by atoms with Crippen LogP contribution >= 0.6 is 0 Å². The van der Waals surface area contributed by atoms with E-state index in [9.17, 15) is 30.7 Å². The Morgan fingerprint density at radius 3 is 2.04 bits per heavy atom. The molecule has 0 unspecified atom stereocenters. The van der Waals surface area contributed by atoms with Crippen LogP contribution in [0.25, 0.3) is 0 Å². The van der Waals surface area contributed by atoms with E-state index in [1.807, 2.05) is 0 Å². The van der Waals surface area contributed by atoms with Crippen LogP contribution in [-0.2, 0) is 5.92 Å². The van der Waals surface area contributed by atoms with E-state index in [1.54, 1.807) is 0 Å². The van der Waals surface area contributed by atoms with Crippen LogP contribution in [0.2, 0.25) is 0 Å². The Bertz CT molecular complexity index is 797. The maximum Gasteiger partial charge on any atom is 0.573 e. The summed E-state index contributed by atoms with van der Waals surface area (Å²) in [7, 11) is 0. The highest BCUT2D eigenvalue weighted by atomic mass is 19.4. The van der Waals surface area contributed by atoms with Crippen LogP contribution in [0, 0.1) is 0 Å². The van der Waals surface area contributed by atoms with Crippen molar-refractivity contribution in [3.8, 4) is 11.6 Å². The third-order valence-corrected chi connectivity index (χ3v) is 3.14. The zero-order valence-electron chi connectivity index (χ0n) is 14.6. The van der Waals surface area contributed by atoms with Gasteiger partial charge in [0.05, 0.1) is 0 Å². The largest absolute Gasteiger partial charge is 0.573 e. The maximum atomic E-state index is 13.7. The maximum absolute atomic E-state index is 13.7. The van der Waals surface area contributed by atoms with Crippen molar-refractivity contribution in [3.63, 3.8) is 0 Å². The molecule has 1 aromatic heterocycles. The van der Waals surface area contributed by atoms with Gasteiger partial charge in [-0.05, 0) is 30.3 Å². The molecule has 0 atom stereocenters. The second kappa shape index (κ2) is 7.72. The SMILES string of the molecule is CC(F)(F)COc1cc(C(C)(F)F)cc(Nc2ccc(OC(F)(F)F)cc2)n1. The number of alkyl halides is 7. The van der Waals surface area contributed by atoms with Gasteiger partial charge in [0.25, 0.3) is 11.8 Å². The number of pyridine rings is 1. The predicted octanol–water partition coefficient (Wildman–Crippen LogP) is 5.87. The molecule has 0 aliphatic carbocycles. The highest BCUT2D eigenvalue weighted by Gasteiger charge is 2.31. The predicted molar refractivity (Wildman–Crippen MR) is 86.3 cm³/mol. The van der Waals surface area contributed by atoms with Crippen molar-refractivity contribution in [2.45, 2.75) is 32.1 Å². The van der Waals surface area contributed by atoms with Gasteiger partial charge in [-0.3, -0.25) is 0 Å². The number of hydrogen-bond donors (Lipinski definition) is 1. The van der Waals surface area contributed by atoms with E-state index < -0.39 is 42.0 Å². The normalized spacial score (nSPS) is 12.6. The van der Waals surface area contributed by atoms with Gasteiger partial charge in [0.1, 0.15) is 11.6 Å². The molecule has 0 spiro atoms. The van der Waals surface area contributed by atoms with Crippen molar-refractivity contribution in [2.75, 3.05) is 11.9 Å². The second-order valence-corrected chi connectivity index (χ2v) is 6.02. The monoisotopic (exact) mass is 412 g/mol. The number of aromatic nitrogens is 1. The zero-order valence-corrected chi connectivity index (χ0v) is 14.6. The van der Waals surface area contributed by atoms with Crippen LogP contribution in [0.5, 0.6) is 11.6 Å². The van der Waals surface area contributed by atoms with E-state index >= 15 is 0 Å². The first-order chi connectivity index (χ1) is 12.7. The fourth-order valence-corrected chi connectivity index (χ4v) is 1.99. The molecule has 0 aliphatic heterocycles. The quantitative estimate of drug-likeness (QED) is 0.578. The lowest BCUT2D eigenvalue weighted by Gasteiger charge is -2.17. The average molecular weight is 412 g/mol. The Morgan fingerprint density at radius 1 is 0.929 bits per heavy atom. The Kier molecular flexibility index (Phi) is 5.95. The minimum Gasteiger partial charge on any atom is -0.471 e. The minimum absolute atomic E-state index is 0.169. The van der Waals surface area contributed by atoms with Gasteiger partial charge in [-0.25, -0.2) is 17.6 Å². The van der Waals surface area contributed by atoms with Crippen molar-refractivity contribution >= 4 is 11.5 Å². The summed E-state index contributed by atoms with van der Waals surface area (Å²) in [6.45, 7) is 0.129.